The lowest BCUT2D eigenvalue weighted by Crippen LogP contribution is -1.88. The van der Waals surface area contributed by atoms with E-state index in [0.717, 1.165) is 11.3 Å². The predicted octanol–water partition coefficient (Wildman–Crippen LogP) is 3.56. The zero-order valence-electron chi connectivity index (χ0n) is 6.93. The van der Waals surface area contributed by atoms with Gasteiger partial charge in [0.15, 0.2) is 0 Å². The Morgan fingerprint density at radius 1 is 1.29 bits per heavy atom. The van der Waals surface area contributed by atoms with Crippen molar-refractivity contribution < 1.29 is 13.2 Å². The molecule has 0 spiro atoms. The molecule has 0 atom stereocenters. The highest BCUT2D eigenvalue weighted by Crippen LogP contribution is 2.39. The largest absolute Gasteiger partial charge is 0.397 e. The predicted molar refractivity (Wildman–Crippen MR) is 51.2 cm³/mol. The second kappa shape index (κ2) is 3.16. The number of nitrogen functional groups attached to an aromatic ring is 1. The summed E-state index contributed by atoms with van der Waals surface area (Å²) >= 11 is 0.831. The first-order valence-corrected chi connectivity index (χ1v) is 4.67. The van der Waals surface area contributed by atoms with Crippen molar-refractivity contribution in [3.05, 3.63) is 28.9 Å². The highest BCUT2D eigenvalue weighted by molar-refractivity contribution is 7.19. The fraction of sp³-hybridized carbons (Fsp3) is 0.111. The molecule has 0 unspecified atom stereocenters. The van der Waals surface area contributed by atoms with Crippen molar-refractivity contribution in [3.8, 4) is 0 Å². The van der Waals surface area contributed by atoms with Crippen molar-refractivity contribution in [3.63, 3.8) is 0 Å². The minimum absolute atomic E-state index is 0.0556. The zero-order valence-corrected chi connectivity index (χ0v) is 7.75. The number of rotatable bonds is 1. The van der Waals surface area contributed by atoms with Gasteiger partial charge in [0.1, 0.15) is 5.82 Å². The van der Waals surface area contributed by atoms with Crippen molar-refractivity contribution in [1.82, 2.24) is 0 Å². The van der Waals surface area contributed by atoms with E-state index in [4.69, 9.17) is 5.73 Å². The average Bonchev–Trinajstić information content (AvgIpc) is 2.43. The van der Waals surface area contributed by atoms with E-state index in [2.05, 4.69) is 0 Å². The zero-order chi connectivity index (χ0) is 10.3. The molecule has 74 valence electrons. The van der Waals surface area contributed by atoms with Crippen molar-refractivity contribution >= 4 is 27.1 Å². The Hall–Kier alpha value is -1.23. The molecule has 0 aliphatic carbocycles. The summed E-state index contributed by atoms with van der Waals surface area (Å²) in [5.41, 5.74) is 5.55. The summed E-state index contributed by atoms with van der Waals surface area (Å²) in [5.74, 6) is -0.445. The molecule has 14 heavy (non-hydrogen) atoms. The van der Waals surface area contributed by atoms with Crippen LogP contribution in [0.15, 0.2) is 18.2 Å². The lowest BCUT2D eigenvalue weighted by Gasteiger charge is -1.95. The number of anilines is 1. The van der Waals surface area contributed by atoms with Gasteiger partial charge in [0.05, 0.1) is 10.6 Å². The maximum absolute atomic E-state index is 12.8. The van der Waals surface area contributed by atoms with E-state index in [1.807, 2.05) is 0 Å². The summed E-state index contributed by atoms with van der Waals surface area (Å²) in [6.45, 7) is 0. The molecular formula is C9H6F3NS. The molecular weight excluding hydrogens is 211 g/mol. The topological polar surface area (TPSA) is 26.0 Å². The van der Waals surface area contributed by atoms with Gasteiger partial charge < -0.3 is 5.73 Å². The fourth-order valence-corrected chi connectivity index (χ4v) is 2.28. The van der Waals surface area contributed by atoms with Crippen LogP contribution in [0.1, 0.15) is 11.3 Å². The number of alkyl halides is 2. The Balaban J connectivity index is 2.73. The van der Waals surface area contributed by atoms with Gasteiger partial charge in [0.25, 0.3) is 6.43 Å². The van der Waals surface area contributed by atoms with Crippen LogP contribution in [0, 0.1) is 5.82 Å². The molecule has 0 saturated carbocycles. The van der Waals surface area contributed by atoms with Gasteiger partial charge in [-0.05, 0) is 18.2 Å². The van der Waals surface area contributed by atoms with Gasteiger partial charge in [-0.3, -0.25) is 0 Å². The van der Waals surface area contributed by atoms with Crippen LogP contribution >= 0.6 is 11.3 Å². The number of fused-ring (bicyclic) bond motifs is 1. The number of thiophene rings is 1. The standard InChI is InChI=1S/C9H6F3NS/c10-4-1-2-5-6(3-4)14-8(7(5)13)9(11)12/h1-3,9H,13H2. The normalized spacial score (nSPS) is 11.4. The molecule has 1 aromatic carbocycles. The Labute approximate surface area is 82.0 Å². The quantitative estimate of drug-likeness (QED) is 0.776. The number of benzene rings is 1. The molecule has 0 aliphatic heterocycles. The Morgan fingerprint density at radius 3 is 2.64 bits per heavy atom. The summed E-state index contributed by atoms with van der Waals surface area (Å²) in [7, 11) is 0. The van der Waals surface area contributed by atoms with Gasteiger partial charge in [0.2, 0.25) is 0 Å². The van der Waals surface area contributed by atoms with Crippen molar-refractivity contribution in [1.29, 1.82) is 0 Å². The van der Waals surface area contributed by atoms with Gasteiger partial charge in [0, 0.05) is 10.1 Å². The highest BCUT2D eigenvalue weighted by Gasteiger charge is 2.17. The van der Waals surface area contributed by atoms with Crippen LogP contribution in [0.2, 0.25) is 0 Å². The first kappa shape index (κ1) is 9.33. The van der Waals surface area contributed by atoms with Crippen molar-refractivity contribution in [2.75, 3.05) is 5.73 Å². The van der Waals surface area contributed by atoms with Crippen LogP contribution in [0.4, 0.5) is 18.9 Å². The molecule has 2 N–H and O–H groups in total. The van der Waals surface area contributed by atoms with E-state index in [1.165, 1.54) is 18.2 Å². The Bertz CT molecular complexity index is 478. The van der Waals surface area contributed by atoms with Gasteiger partial charge in [-0.15, -0.1) is 11.3 Å². The van der Waals surface area contributed by atoms with Crippen molar-refractivity contribution in [2.24, 2.45) is 0 Å². The van der Waals surface area contributed by atoms with E-state index in [0.29, 0.717) is 10.1 Å². The average molecular weight is 217 g/mol. The van der Waals surface area contributed by atoms with E-state index in [9.17, 15) is 13.2 Å². The van der Waals surface area contributed by atoms with Gasteiger partial charge in [-0.25, -0.2) is 13.2 Å². The lowest BCUT2D eigenvalue weighted by molar-refractivity contribution is 0.156. The summed E-state index contributed by atoms with van der Waals surface area (Å²) in [6, 6.07) is 3.84. The molecule has 0 bridgehead atoms. The molecule has 1 nitrogen and oxygen atoms in total. The Morgan fingerprint density at radius 2 is 2.00 bits per heavy atom. The molecule has 0 amide bonds. The summed E-state index contributed by atoms with van der Waals surface area (Å²) in [4.78, 5) is -0.189. The molecule has 2 aromatic rings. The lowest BCUT2D eigenvalue weighted by atomic mass is 10.2. The van der Waals surface area contributed by atoms with Gasteiger partial charge >= 0.3 is 0 Å². The monoisotopic (exact) mass is 217 g/mol. The summed E-state index contributed by atoms with van der Waals surface area (Å²) in [5, 5.41) is 0.492. The molecule has 5 heteroatoms. The number of nitrogens with two attached hydrogens (primary N) is 1. The molecule has 0 saturated heterocycles. The first-order chi connectivity index (χ1) is 6.59. The third kappa shape index (κ3) is 1.33. The third-order valence-electron chi connectivity index (χ3n) is 1.92. The first-order valence-electron chi connectivity index (χ1n) is 3.85. The second-order valence-electron chi connectivity index (χ2n) is 2.82. The molecule has 1 aromatic heterocycles. The summed E-state index contributed by atoms with van der Waals surface area (Å²) < 4.78 is 38.0. The van der Waals surface area contributed by atoms with Gasteiger partial charge in [-0.1, -0.05) is 0 Å². The minimum atomic E-state index is -2.60. The molecule has 0 radical (unpaired) electrons. The van der Waals surface area contributed by atoms with E-state index >= 15 is 0 Å². The van der Waals surface area contributed by atoms with Crippen LogP contribution in [0.25, 0.3) is 10.1 Å². The minimum Gasteiger partial charge on any atom is -0.397 e. The van der Waals surface area contributed by atoms with E-state index in [1.54, 1.807) is 0 Å². The Kier molecular flexibility index (Phi) is 2.11. The van der Waals surface area contributed by atoms with E-state index in [-0.39, 0.29) is 10.6 Å². The summed E-state index contributed by atoms with van der Waals surface area (Å²) in [6.07, 6.45) is -2.60. The van der Waals surface area contributed by atoms with Crippen LogP contribution < -0.4 is 5.73 Å². The highest BCUT2D eigenvalue weighted by atomic mass is 32.1. The molecule has 0 aliphatic rings. The van der Waals surface area contributed by atoms with Crippen LogP contribution in [0.3, 0.4) is 0 Å². The third-order valence-corrected chi connectivity index (χ3v) is 3.09. The number of halogens is 3. The molecule has 0 fully saturated rings. The molecule has 1 heterocycles. The number of hydrogen-bond donors (Lipinski definition) is 1. The second-order valence-corrected chi connectivity index (χ2v) is 3.90. The maximum atomic E-state index is 12.8. The van der Waals surface area contributed by atoms with Crippen molar-refractivity contribution in [2.45, 2.75) is 6.43 Å². The number of hydrogen-bond acceptors (Lipinski definition) is 2. The maximum Gasteiger partial charge on any atom is 0.274 e. The smallest absolute Gasteiger partial charge is 0.274 e. The van der Waals surface area contributed by atoms with Crippen LogP contribution in [-0.2, 0) is 0 Å². The van der Waals surface area contributed by atoms with Crippen LogP contribution in [-0.4, -0.2) is 0 Å². The molecule has 2 rings (SSSR count). The fourth-order valence-electron chi connectivity index (χ4n) is 1.27. The van der Waals surface area contributed by atoms with E-state index < -0.39 is 12.2 Å². The SMILES string of the molecule is Nc1c(C(F)F)sc2cc(F)ccc12. The van der Waals surface area contributed by atoms with Crippen LogP contribution in [0.5, 0.6) is 0 Å². The van der Waals surface area contributed by atoms with Gasteiger partial charge in [-0.2, -0.15) is 0 Å².